The molecule has 7 heteroatoms. The average molecular weight is 567 g/mol. The van der Waals surface area contributed by atoms with Crippen LogP contribution in [0, 0.1) is 5.82 Å². The van der Waals surface area contributed by atoms with Gasteiger partial charge in [0.2, 0.25) is 5.91 Å². The summed E-state index contributed by atoms with van der Waals surface area (Å²) < 4.78 is 20.3. The largest absolute Gasteiger partial charge is 0.484 e. The van der Waals surface area contributed by atoms with Crippen LogP contribution in [0.1, 0.15) is 43.2 Å². The second-order valence-electron chi connectivity index (χ2n) is 9.44. The highest BCUT2D eigenvalue weighted by molar-refractivity contribution is 9.10. The minimum absolute atomic E-state index is 0.112. The molecule has 37 heavy (non-hydrogen) atoms. The number of ether oxygens (including phenoxy) is 1. The van der Waals surface area contributed by atoms with E-state index >= 15 is 0 Å². The lowest BCUT2D eigenvalue weighted by Crippen LogP contribution is -2.53. The van der Waals surface area contributed by atoms with Gasteiger partial charge in [0.05, 0.1) is 0 Å². The van der Waals surface area contributed by atoms with E-state index in [0.29, 0.717) is 12.2 Å². The monoisotopic (exact) mass is 566 g/mol. The van der Waals surface area contributed by atoms with E-state index in [9.17, 15) is 14.0 Å². The van der Waals surface area contributed by atoms with Crippen molar-refractivity contribution in [1.29, 1.82) is 0 Å². The predicted molar refractivity (Wildman–Crippen MR) is 146 cm³/mol. The molecule has 194 valence electrons. The van der Waals surface area contributed by atoms with Gasteiger partial charge in [0.25, 0.3) is 5.91 Å². The van der Waals surface area contributed by atoms with Crippen molar-refractivity contribution in [2.24, 2.45) is 0 Å². The van der Waals surface area contributed by atoms with Gasteiger partial charge in [0.1, 0.15) is 17.6 Å². The van der Waals surface area contributed by atoms with Gasteiger partial charge in [0, 0.05) is 23.5 Å². The third-order valence-electron chi connectivity index (χ3n) is 6.66. The normalized spacial score (nSPS) is 14.5. The van der Waals surface area contributed by atoms with Crippen molar-refractivity contribution in [3.63, 3.8) is 0 Å². The molecular formula is C30H32BrFN2O3. The van der Waals surface area contributed by atoms with Crippen molar-refractivity contribution < 1.29 is 18.7 Å². The Labute approximate surface area is 226 Å². The summed E-state index contributed by atoms with van der Waals surface area (Å²) in [6, 6.07) is 22.3. The number of nitrogens with zero attached hydrogens (tertiary/aromatic N) is 1. The Morgan fingerprint density at radius 2 is 1.59 bits per heavy atom. The standard InChI is InChI=1S/C30H32BrFN2O3/c31-24-13-17-27(18-14-24)37-21-29(35)34(20-23-11-15-25(32)16-12-23)28(19-22-7-3-1-4-8-22)30(36)33-26-9-5-2-6-10-26/h1,3-4,7-8,11-18,26,28H,2,5-6,9-10,19-21H2,(H,33,36)/t28-/m1/s1. The number of hydrogen-bond acceptors (Lipinski definition) is 3. The van der Waals surface area contributed by atoms with Crippen LogP contribution in [0.5, 0.6) is 5.75 Å². The quantitative estimate of drug-likeness (QED) is 0.324. The Kier molecular flexibility index (Phi) is 9.71. The van der Waals surface area contributed by atoms with Crippen molar-refractivity contribution in [2.45, 2.75) is 57.2 Å². The first-order valence-corrected chi connectivity index (χ1v) is 13.5. The summed E-state index contributed by atoms with van der Waals surface area (Å²) in [7, 11) is 0. The average Bonchev–Trinajstić information content (AvgIpc) is 2.92. The Hall–Kier alpha value is -3.19. The lowest BCUT2D eigenvalue weighted by Gasteiger charge is -2.33. The van der Waals surface area contributed by atoms with Crippen LogP contribution < -0.4 is 10.1 Å². The summed E-state index contributed by atoms with van der Waals surface area (Å²) in [5.41, 5.74) is 1.69. The predicted octanol–water partition coefficient (Wildman–Crippen LogP) is 6.06. The molecule has 2 amide bonds. The number of nitrogens with one attached hydrogen (secondary N) is 1. The fourth-order valence-corrected chi connectivity index (χ4v) is 4.91. The second-order valence-corrected chi connectivity index (χ2v) is 10.4. The van der Waals surface area contributed by atoms with Crippen LogP contribution in [0.3, 0.4) is 0 Å². The Morgan fingerprint density at radius 1 is 0.919 bits per heavy atom. The maximum absolute atomic E-state index is 13.7. The lowest BCUT2D eigenvalue weighted by molar-refractivity contribution is -0.143. The molecule has 0 aromatic heterocycles. The first-order valence-electron chi connectivity index (χ1n) is 12.7. The van der Waals surface area contributed by atoms with Crippen LogP contribution in [-0.2, 0) is 22.6 Å². The van der Waals surface area contributed by atoms with E-state index in [4.69, 9.17) is 4.74 Å². The fourth-order valence-electron chi connectivity index (χ4n) is 4.64. The van der Waals surface area contributed by atoms with Crippen molar-refractivity contribution in [3.05, 3.63) is 100 Å². The summed E-state index contributed by atoms with van der Waals surface area (Å²) in [6.07, 6.45) is 5.62. The zero-order chi connectivity index (χ0) is 26.0. The van der Waals surface area contributed by atoms with Crippen LogP contribution in [0.25, 0.3) is 0 Å². The smallest absolute Gasteiger partial charge is 0.261 e. The number of halogens is 2. The van der Waals surface area contributed by atoms with Gasteiger partial charge in [-0.1, -0.05) is 77.7 Å². The maximum Gasteiger partial charge on any atom is 0.261 e. The third-order valence-corrected chi connectivity index (χ3v) is 7.19. The minimum Gasteiger partial charge on any atom is -0.484 e. The van der Waals surface area contributed by atoms with Crippen molar-refractivity contribution in [3.8, 4) is 5.75 Å². The van der Waals surface area contributed by atoms with Gasteiger partial charge in [-0.2, -0.15) is 0 Å². The topological polar surface area (TPSA) is 58.6 Å². The molecule has 0 bridgehead atoms. The molecule has 1 saturated carbocycles. The molecule has 3 aromatic rings. The van der Waals surface area contributed by atoms with Crippen LogP contribution in [-0.4, -0.2) is 35.4 Å². The van der Waals surface area contributed by atoms with Crippen molar-refractivity contribution in [2.75, 3.05) is 6.61 Å². The molecule has 1 aliphatic rings. The summed E-state index contributed by atoms with van der Waals surface area (Å²) in [5.74, 6) is -0.276. The molecule has 0 unspecified atom stereocenters. The van der Waals surface area contributed by atoms with Crippen LogP contribution in [0.2, 0.25) is 0 Å². The SMILES string of the molecule is O=C(NC1CCCCC1)[C@@H](Cc1ccccc1)N(Cc1ccc(F)cc1)C(=O)COc1ccc(Br)cc1. The molecule has 0 spiro atoms. The Balaban J connectivity index is 1.59. The number of benzene rings is 3. The van der Waals surface area contributed by atoms with Gasteiger partial charge >= 0.3 is 0 Å². The van der Waals surface area contributed by atoms with E-state index in [2.05, 4.69) is 21.2 Å². The summed E-state index contributed by atoms with van der Waals surface area (Å²) in [4.78, 5) is 28.9. The minimum atomic E-state index is -0.740. The third kappa shape index (κ3) is 8.15. The summed E-state index contributed by atoms with van der Waals surface area (Å²) >= 11 is 3.40. The Bertz CT molecular complexity index is 1150. The van der Waals surface area contributed by atoms with Gasteiger partial charge in [-0.05, 0) is 60.4 Å². The fraction of sp³-hybridized carbons (Fsp3) is 0.333. The van der Waals surface area contributed by atoms with Crippen molar-refractivity contribution in [1.82, 2.24) is 10.2 Å². The molecule has 0 saturated heterocycles. The van der Waals surface area contributed by atoms with E-state index in [1.165, 1.54) is 18.6 Å². The molecule has 1 atom stereocenters. The molecule has 0 radical (unpaired) electrons. The van der Waals surface area contributed by atoms with Crippen LogP contribution in [0.15, 0.2) is 83.3 Å². The van der Waals surface area contributed by atoms with Crippen LogP contribution in [0.4, 0.5) is 4.39 Å². The molecule has 5 nitrogen and oxygen atoms in total. The van der Waals surface area contributed by atoms with E-state index in [1.54, 1.807) is 29.2 Å². The molecular weight excluding hydrogens is 535 g/mol. The molecule has 0 aliphatic heterocycles. The van der Waals surface area contributed by atoms with E-state index < -0.39 is 6.04 Å². The molecule has 4 rings (SSSR count). The summed E-state index contributed by atoms with van der Waals surface area (Å²) in [6.45, 7) is -0.0524. The maximum atomic E-state index is 13.7. The molecule has 1 N–H and O–H groups in total. The first-order chi connectivity index (χ1) is 18.0. The van der Waals surface area contributed by atoms with Gasteiger partial charge in [-0.15, -0.1) is 0 Å². The van der Waals surface area contributed by atoms with Gasteiger partial charge in [-0.25, -0.2) is 4.39 Å². The number of hydrogen-bond donors (Lipinski definition) is 1. The van der Waals surface area contributed by atoms with Gasteiger partial charge < -0.3 is 15.0 Å². The molecule has 3 aromatic carbocycles. The summed E-state index contributed by atoms with van der Waals surface area (Å²) in [5, 5.41) is 3.21. The number of amides is 2. The number of carbonyl (C=O) groups excluding carboxylic acids is 2. The van der Waals surface area contributed by atoms with E-state index in [-0.39, 0.29) is 36.8 Å². The zero-order valence-electron chi connectivity index (χ0n) is 20.7. The number of rotatable bonds is 10. The Morgan fingerprint density at radius 3 is 2.27 bits per heavy atom. The highest BCUT2D eigenvalue weighted by Crippen LogP contribution is 2.21. The molecule has 1 fully saturated rings. The first kappa shape index (κ1) is 26.9. The van der Waals surface area contributed by atoms with E-state index in [0.717, 1.165) is 41.3 Å². The van der Waals surface area contributed by atoms with Crippen LogP contribution >= 0.6 is 15.9 Å². The van der Waals surface area contributed by atoms with Gasteiger partial charge in [0.15, 0.2) is 6.61 Å². The highest BCUT2D eigenvalue weighted by atomic mass is 79.9. The number of carbonyl (C=O) groups is 2. The molecule has 1 aliphatic carbocycles. The second kappa shape index (κ2) is 13.4. The zero-order valence-corrected chi connectivity index (χ0v) is 22.3. The van der Waals surface area contributed by atoms with Gasteiger partial charge in [-0.3, -0.25) is 9.59 Å². The lowest BCUT2D eigenvalue weighted by atomic mass is 9.94. The van der Waals surface area contributed by atoms with E-state index in [1.807, 2.05) is 42.5 Å². The van der Waals surface area contributed by atoms with Crippen molar-refractivity contribution >= 4 is 27.7 Å². The highest BCUT2D eigenvalue weighted by Gasteiger charge is 2.32. The molecule has 0 heterocycles.